The van der Waals surface area contributed by atoms with E-state index in [4.69, 9.17) is 0 Å². The molecule has 0 spiro atoms. The van der Waals surface area contributed by atoms with Crippen molar-refractivity contribution >= 4 is 0 Å². The largest absolute Gasteiger partial charge is 1.00 e. The van der Waals surface area contributed by atoms with Gasteiger partial charge in [0.1, 0.15) is 0 Å². The summed E-state index contributed by atoms with van der Waals surface area (Å²) in [6, 6.07) is 0. The van der Waals surface area contributed by atoms with Gasteiger partial charge >= 0.3 is 229 Å². The fourth-order valence-electron chi connectivity index (χ4n) is 0. The molecule has 0 rings (SSSR count). The van der Waals surface area contributed by atoms with Gasteiger partial charge in [-0.25, -0.2) is 0 Å². The van der Waals surface area contributed by atoms with Crippen molar-refractivity contribution in [2.24, 2.45) is 0 Å². The van der Waals surface area contributed by atoms with E-state index in [1.807, 2.05) is 0 Å². The Hall–Kier alpha value is 7.64. The molecule has 7 heavy (non-hydrogen) atoms. The fraction of sp³-hybridized carbons (Fsp3) is 0. The van der Waals surface area contributed by atoms with Crippen LogP contribution in [-0.4, -0.2) is 0 Å². The van der Waals surface area contributed by atoms with Crippen LogP contribution < -0.4 is 229 Å². The van der Waals surface area contributed by atoms with E-state index >= 15 is 0 Å². The molecule has 0 aliphatic heterocycles. The Morgan fingerprint density at radius 1 is 0.429 bits per heavy atom. The molecule has 0 atom stereocenters. The molecule has 14 valence electrons. The maximum absolute atomic E-state index is 0. The van der Waals surface area contributed by atoms with Crippen molar-refractivity contribution in [1.29, 1.82) is 0 Å². The fourth-order valence-corrected chi connectivity index (χ4v) is 0. The Morgan fingerprint density at radius 2 is 0.429 bits per heavy atom. The van der Waals surface area contributed by atoms with E-state index < -0.39 is 0 Å². The van der Waals surface area contributed by atoms with Crippen LogP contribution in [0.2, 0.25) is 0 Å². The summed E-state index contributed by atoms with van der Waals surface area (Å²) in [5.74, 6) is 0. The molecule has 0 aromatic rings. The quantitative estimate of drug-likeness (QED) is 0.328. The van der Waals surface area contributed by atoms with Gasteiger partial charge in [-0.1, -0.05) is 0 Å². The zero-order valence-electron chi connectivity index (χ0n) is 14.0. The zero-order chi connectivity index (χ0) is 0. The number of hydrogen-bond acceptors (Lipinski definition) is 0. The standard InChI is InChI=1S/K.6Na.7H/q7*+1;7*-1. The predicted molar refractivity (Wildman–Crippen MR) is 7.78 cm³/mol. The van der Waals surface area contributed by atoms with Crippen LogP contribution in [0.3, 0.4) is 0 Å². The second-order valence-corrected chi connectivity index (χ2v) is 0. The average Bonchev–Trinajstić information content (AvgIpc) is 0. The summed E-state index contributed by atoms with van der Waals surface area (Å²) >= 11 is 0. The predicted octanol–water partition coefficient (Wildman–Crippen LogP) is -20.2. The van der Waals surface area contributed by atoms with Gasteiger partial charge in [0.15, 0.2) is 0 Å². The normalized spacial score (nSPS) is 0. The maximum Gasteiger partial charge on any atom is 1.00 e. The summed E-state index contributed by atoms with van der Waals surface area (Å²) < 4.78 is 0. The molecule has 0 nitrogen and oxygen atoms in total. The van der Waals surface area contributed by atoms with Gasteiger partial charge in [0.2, 0.25) is 0 Å². The van der Waals surface area contributed by atoms with E-state index in [0.29, 0.717) is 0 Å². The van der Waals surface area contributed by atoms with Gasteiger partial charge in [-0.2, -0.15) is 0 Å². The Balaban J connectivity index is 0. The molecule has 0 N–H and O–H groups in total. The van der Waals surface area contributed by atoms with Crippen molar-refractivity contribution in [1.82, 2.24) is 0 Å². The Morgan fingerprint density at radius 3 is 0.429 bits per heavy atom. The summed E-state index contributed by atoms with van der Waals surface area (Å²) in [5.41, 5.74) is 0. The summed E-state index contributed by atoms with van der Waals surface area (Å²) in [5, 5.41) is 0. The van der Waals surface area contributed by atoms with Gasteiger partial charge in [0, 0.05) is 0 Å². The monoisotopic (exact) mass is 184 g/mol. The van der Waals surface area contributed by atoms with Crippen molar-refractivity contribution in [2.45, 2.75) is 0 Å². The van der Waals surface area contributed by atoms with Crippen LogP contribution in [0.1, 0.15) is 9.99 Å². The molecular formula is H7KNa6. The minimum atomic E-state index is 0. The van der Waals surface area contributed by atoms with Gasteiger partial charge in [-0.15, -0.1) is 0 Å². The third-order valence-corrected chi connectivity index (χ3v) is 0. The van der Waals surface area contributed by atoms with Crippen LogP contribution in [0.5, 0.6) is 0 Å². The molecule has 0 saturated carbocycles. The topological polar surface area (TPSA) is 0 Å². The minimum absolute atomic E-state index is 0. The zero-order valence-corrected chi connectivity index (χ0v) is 22.1. The summed E-state index contributed by atoms with van der Waals surface area (Å²) in [6.45, 7) is 0. The van der Waals surface area contributed by atoms with Gasteiger partial charge in [0.25, 0.3) is 0 Å². The van der Waals surface area contributed by atoms with Crippen molar-refractivity contribution in [3.8, 4) is 0 Å². The molecule has 0 aromatic heterocycles. The van der Waals surface area contributed by atoms with Gasteiger partial charge in [-0.3, -0.25) is 0 Å². The van der Waals surface area contributed by atoms with Crippen molar-refractivity contribution in [3.63, 3.8) is 0 Å². The van der Waals surface area contributed by atoms with E-state index in [-0.39, 0.29) is 239 Å². The molecule has 0 saturated heterocycles. The first-order valence-electron chi connectivity index (χ1n) is 0. The first-order valence-corrected chi connectivity index (χ1v) is 0. The van der Waals surface area contributed by atoms with E-state index in [9.17, 15) is 0 Å². The molecule has 0 fully saturated rings. The van der Waals surface area contributed by atoms with E-state index in [0.717, 1.165) is 0 Å². The summed E-state index contributed by atoms with van der Waals surface area (Å²) in [4.78, 5) is 0. The Kier molecular flexibility index (Phi) is 249. The van der Waals surface area contributed by atoms with Crippen LogP contribution in [0, 0.1) is 0 Å². The molecule has 7 heteroatoms. The third-order valence-electron chi connectivity index (χ3n) is 0. The van der Waals surface area contributed by atoms with Gasteiger partial charge in [-0.05, 0) is 0 Å². The number of rotatable bonds is 0. The minimum Gasteiger partial charge on any atom is -1.00 e. The van der Waals surface area contributed by atoms with E-state index in [1.54, 1.807) is 0 Å². The van der Waals surface area contributed by atoms with Crippen LogP contribution in [0.15, 0.2) is 0 Å². The molecule has 0 aliphatic rings. The van der Waals surface area contributed by atoms with Gasteiger partial charge < -0.3 is 9.99 Å². The Labute approximate surface area is 231 Å². The molecule has 0 aromatic carbocycles. The van der Waals surface area contributed by atoms with E-state index in [2.05, 4.69) is 0 Å². The van der Waals surface area contributed by atoms with Crippen LogP contribution in [0.25, 0.3) is 0 Å². The Bertz CT molecular complexity index is 18.1. The SMILES string of the molecule is [H-].[H-].[H-].[H-].[H-].[H-].[H-].[K+].[Na+].[Na+].[Na+].[Na+].[Na+].[Na+]. The van der Waals surface area contributed by atoms with Crippen LogP contribution in [-0.2, 0) is 0 Å². The first-order chi connectivity index (χ1) is 0. The maximum atomic E-state index is 0. The molecule has 0 bridgehead atoms. The average molecular weight is 184 g/mol. The van der Waals surface area contributed by atoms with Gasteiger partial charge in [0.05, 0.1) is 0 Å². The molecule has 0 aliphatic carbocycles. The molecular weight excluding hydrogens is 177 g/mol. The van der Waals surface area contributed by atoms with Crippen LogP contribution >= 0.6 is 0 Å². The summed E-state index contributed by atoms with van der Waals surface area (Å²) in [6.07, 6.45) is 0. The second-order valence-electron chi connectivity index (χ2n) is 0. The van der Waals surface area contributed by atoms with Crippen molar-refractivity contribution in [3.05, 3.63) is 0 Å². The summed E-state index contributed by atoms with van der Waals surface area (Å²) in [7, 11) is 0. The second kappa shape index (κ2) is 37.3. The number of hydrogen-bond donors (Lipinski definition) is 0. The molecule has 0 amide bonds. The smallest absolute Gasteiger partial charge is 1.00 e. The van der Waals surface area contributed by atoms with E-state index in [1.165, 1.54) is 0 Å². The third kappa shape index (κ3) is 31.7. The first kappa shape index (κ1) is 46.7. The molecule has 0 unspecified atom stereocenters. The molecule has 0 radical (unpaired) electrons. The van der Waals surface area contributed by atoms with Crippen molar-refractivity contribution < 1.29 is 239 Å². The van der Waals surface area contributed by atoms with Crippen molar-refractivity contribution in [2.75, 3.05) is 0 Å². The molecule has 0 heterocycles. The van der Waals surface area contributed by atoms with Crippen LogP contribution in [0.4, 0.5) is 0 Å².